The van der Waals surface area contributed by atoms with Crippen LogP contribution in [0, 0.1) is 0 Å². The van der Waals surface area contributed by atoms with Crippen LogP contribution in [-0.4, -0.2) is 68.0 Å². The van der Waals surface area contributed by atoms with Gasteiger partial charge in [-0.2, -0.15) is 0 Å². The summed E-state index contributed by atoms with van der Waals surface area (Å²) in [4.78, 5) is 40.6. The monoisotopic (exact) mass is 448 g/mol. The Kier molecular flexibility index (Phi) is 5.85. The molecular formula is C24H28N6O3. The van der Waals surface area contributed by atoms with Crippen molar-refractivity contribution in [1.29, 1.82) is 0 Å². The summed E-state index contributed by atoms with van der Waals surface area (Å²) in [5, 5.41) is 12.8. The van der Waals surface area contributed by atoms with E-state index in [0.29, 0.717) is 25.5 Å². The molecule has 0 aliphatic carbocycles. The van der Waals surface area contributed by atoms with E-state index in [2.05, 4.69) is 27.4 Å². The van der Waals surface area contributed by atoms with Gasteiger partial charge >= 0.3 is 12.0 Å². The molecule has 2 aliphatic heterocycles. The average Bonchev–Trinajstić information content (AvgIpc) is 3.41. The van der Waals surface area contributed by atoms with Gasteiger partial charge in [0.15, 0.2) is 0 Å². The first-order valence-electron chi connectivity index (χ1n) is 11.5. The van der Waals surface area contributed by atoms with Gasteiger partial charge in [0.2, 0.25) is 0 Å². The third-order valence-electron chi connectivity index (χ3n) is 6.41. The zero-order valence-corrected chi connectivity index (χ0v) is 18.5. The summed E-state index contributed by atoms with van der Waals surface area (Å²) in [6, 6.07) is 11.0. The van der Waals surface area contributed by atoms with Crippen LogP contribution in [0.3, 0.4) is 0 Å². The lowest BCUT2D eigenvalue weighted by molar-refractivity contribution is -0.138. The van der Waals surface area contributed by atoms with Gasteiger partial charge in [0.1, 0.15) is 17.7 Å². The van der Waals surface area contributed by atoms with Gasteiger partial charge < -0.3 is 25.2 Å². The highest BCUT2D eigenvalue weighted by Crippen LogP contribution is 2.28. The van der Waals surface area contributed by atoms with Crippen molar-refractivity contribution in [1.82, 2.24) is 24.8 Å². The number of carbonyl (C=O) groups excluding carboxylic acids is 1. The van der Waals surface area contributed by atoms with Crippen LogP contribution in [-0.2, 0) is 17.6 Å². The number of aryl methyl sites for hydroxylation is 2. The number of benzene rings is 1. The van der Waals surface area contributed by atoms with Gasteiger partial charge in [0.25, 0.3) is 0 Å². The highest BCUT2D eigenvalue weighted by atomic mass is 16.4. The minimum atomic E-state index is -0.959. The molecule has 0 unspecified atom stereocenters. The van der Waals surface area contributed by atoms with Crippen LogP contribution >= 0.6 is 0 Å². The van der Waals surface area contributed by atoms with Gasteiger partial charge in [-0.05, 0) is 49.4 Å². The second-order valence-corrected chi connectivity index (χ2v) is 8.66. The number of carboxylic acid groups (broad SMARTS) is 1. The third kappa shape index (κ3) is 4.48. The van der Waals surface area contributed by atoms with Gasteiger partial charge in [-0.15, -0.1) is 0 Å². The number of H-pyrrole nitrogens is 1. The summed E-state index contributed by atoms with van der Waals surface area (Å²) in [6.07, 6.45) is 3.61. The van der Waals surface area contributed by atoms with Crippen LogP contribution in [0.5, 0.6) is 0 Å². The highest BCUT2D eigenvalue weighted by molar-refractivity contribution is 5.79. The molecule has 0 bridgehead atoms. The molecule has 0 radical (unpaired) electrons. The number of carboxylic acids is 1. The maximum absolute atomic E-state index is 13.1. The normalized spacial score (nSPS) is 16.7. The molecule has 172 valence electrons. The van der Waals surface area contributed by atoms with Crippen LogP contribution < -0.4 is 5.32 Å². The average molecular weight is 449 g/mol. The number of amides is 2. The Morgan fingerprint density at radius 3 is 2.88 bits per heavy atom. The molecule has 0 spiro atoms. The van der Waals surface area contributed by atoms with E-state index >= 15 is 0 Å². The number of aliphatic carboxylic acids is 1. The number of aromatic nitrogens is 3. The molecule has 2 aliphatic rings. The Hall–Kier alpha value is -3.62. The SMILES string of the molecule is O=C(O)C[C@@H](c1nc2ccccc2[nH]1)N1CCN(CCCc2ccc3c(n2)NCCC3)C1=O. The molecule has 2 aromatic heterocycles. The number of urea groups is 1. The zero-order valence-electron chi connectivity index (χ0n) is 18.5. The van der Waals surface area contributed by atoms with E-state index in [1.165, 1.54) is 5.56 Å². The van der Waals surface area contributed by atoms with Crippen molar-refractivity contribution in [2.75, 3.05) is 31.5 Å². The number of aromatic amines is 1. The number of hydrogen-bond acceptors (Lipinski definition) is 5. The highest BCUT2D eigenvalue weighted by Gasteiger charge is 2.36. The van der Waals surface area contributed by atoms with Crippen LogP contribution in [0.1, 0.15) is 42.4 Å². The van der Waals surface area contributed by atoms with Gasteiger partial charge in [-0.25, -0.2) is 14.8 Å². The predicted octanol–water partition coefficient (Wildman–Crippen LogP) is 3.20. The van der Waals surface area contributed by atoms with Crippen LogP contribution in [0.15, 0.2) is 36.4 Å². The number of para-hydroxylation sites is 2. The van der Waals surface area contributed by atoms with Gasteiger partial charge in [-0.1, -0.05) is 18.2 Å². The third-order valence-corrected chi connectivity index (χ3v) is 6.41. The van der Waals surface area contributed by atoms with Gasteiger partial charge in [0, 0.05) is 31.9 Å². The first kappa shape index (κ1) is 21.2. The van der Waals surface area contributed by atoms with Crippen molar-refractivity contribution in [2.24, 2.45) is 0 Å². The van der Waals surface area contributed by atoms with Gasteiger partial charge in [0.05, 0.1) is 17.5 Å². The smallest absolute Gasteiger partial charge is 0.320 e. The molecular weight excluding hydrogens is 420 g/mol. The quantitative estimate of drug-likeness (QED) is 0.488. The van der Waals surface area contributed by atoms with Crippen LogP contribution in [0.25, 0.3) is 11.0 Å². The molecule has 3 aromatic rings. The van der Waals surface area contributed by atoms with Crippen LogP contribution in [0.2, 0.25) is 0 Å². The lowest BCUT2D eigenvalue weighted by Crippen LogP contribution is -2.36. The lowest BCUT2D eigenvalue weighted by Gasteiger charge is -2.25. The lowest BCUT2D eigenvalue weighted by atomic mass is 10.1. The number of nitrogens with one attached hydrogen (secondary N) is 2. The Morgan fingerprint density at radius 1 is 1.15 bits per heavy atom. The topological polar surface area (TPSA) is 114 Å². The van der Waals surface area contributed by atoms with E-state index in [0.717, 1.165) is 54.8 Å². The minimum Gasteiger partial charge on any atom is -0.481 e. The fourth-order valence-corrected chi connectivity index (χ4v) is 4.71. The standard InChI is InChI=1S/C24H28N6O3/c31-21(32)15-20(23-27-18-7-1-2-8-19(18)28-23)30-14-13-29(24(30)33)12-4-6-17-10-9-16-5-3-11-25-22(16)26-17/h1-2,7-10,20H,3-6,11-15H2,(H,25,26)(H,27,28)(H,31,32)/t20-/m0/s1. The number of pyridine rings is 1. The summed E-state index contributed by atoms with van der Waals surface area (Å²) in [7, 11) is 0. The molecule has 9 nitrogen and oxygen atoms in total. The molecule has 1 aromatic carbocycles. The van der Waals surface area contributed by atoms with Crippen molar-refractivity contribution < 1.29 is 14.7 Å². The molecule has 9 heteroatoms. The number of rotatable bonds is 8. The Labute approximate surface area is 191 Å². The number of carbonyl (C=O) groups is 2. The fraction of sp³-hybridized carbons (Fsp3) is 0.417. The zero-order chi connectivity index (χ0) is 22.8. The Balaban J connectivity index is 1.23. The minimum absolute atomic E-state index is 0.137. The summed E-state index contributed by atoms with van der Waals surface area (Å²) in [5.74, 6) is 0.544. The number of anilines is 1. The van der Waals surface area contributed by atoms with Gasteiger partial charge in [-0.3, -0.25) is 4.79 Å². The molecule has 4 heterocycles. The first-order chi connectivity index (χ1) is 16.1. The van der Waals surface area contributed by atoms with E-state index in [1.807, 2.05) is 24.3 Å². The molecule has 2 amide bonds. The molecule has 3 N–H and O–H groups in total. The summed E-state index contributed by atoms with van der Waals surface area (Å²) in [5.41, 5.74) is 3.89. The maximum atomic E-state index is 13.1. The molecule has 0 saturated carbocycles. The van der Waals surface area contributed by atoms with E-state index in [4.69, 9.17) is 4.98 Å². The number of nitrogens with zero attached hydrogens (tertiary/aromatic N) is 4. The second kappa shape index (κ2) is 9.09. The van der Waals surface area contributed by atoms with Crippen molar-refractivity contribution >= 4 is 28.9 Å². The molecule has 33 heavy (non-hydrogen) atoms. The van der Waals surface area contributed by atoms with Crippen molar-refractivity contribution in [3.05, 3.63) is 53.5 Å². The summed E-state index contributed by atoms with van der Waals surface area (Å²) < 4.78 is 0. The predicted molar refractivity (Wildman–Crippen MR) is 124 cm³/mol. The van der Waals surface area contributed by atoms with Crippen molar-refractivity contribution in [3.8, 4) is 0 Å². The Morgan fingerprint density at radius 2 is 2.03 bits per heavy atom. The fourth-order valence-electron chi connectivity index (χ4n) is 4.71. The molecule has 5 rings (SSSR count). The maximum Gasteiger partial charge on any atom is 0.320 e. The van der Waals surface area contributed by atoms with Crippen LogP contribution in [0.4, 0.5) is 10.6 Å². The number of imidazole rings is 1. The first-order valence-corrected chi connectivity index (χ1v) is 11.5. The molecule has 1 fully saturated rings. The molecule has 1 atom stereocenters. The van der Waals surface area contributed by atoms with E-state index in [-0.39, 0.29) is 12.5 Å². The van der Waals surface area contributed by atoms with E-state index in [9.17, 15) is 14.7 Å². The summed E-state index contributed by atoms with van der Waals surface area (Å²) in [6.45, 7) is 2.63. The Bertz CT molecular complexity index is 1140. The van der Waals surface area contributed by atoms with E-state index < -0.39 is 12.0 Å². The number of hydrogen-bond donors (Lipinski definition) is 3. The molecule has 1 saturated heterocycles. The number of fused-ring (bicyclic) bond motifs is 2. The second-order valence-electron chi connectivity index (χ2n) is 8.66. The summed E-state index contributed by atoms with van der Waals surface area (Å²) >= 11 is 0. The van der Waals surface area contributed by atoms with Crippen molar-refractivity contribution in [3.63, 3.8) is 0 Å². The van der Waals surface area contributed by atoms with Crippen molar-refractivity contribution in [2.45, 2.75) is 38.1 Å². The largest absolute Gasteiger partial charge is 0.481 e. The van der Waals surface area contributed by atoms with E-state index in [1.54, 1.807) is 9.80 Å².